The minimum absolute atomic E-state index is 0.00238. The third-order valence-corrected chi connectivity index (χ3v) is 3.40. The maximum absolute atomic E-state index is 11.7. The van der Waals surface area contributed by atoms with E-state index in [9.17, 15) is 4.79 Å². The number of aryl methyl sites for hydroxylation is 3. The molecule has 0 aliphatic rings. The Balaban J connectivity index is 1.83. The molecule has 0 saturated carbocycles. The van der Waals surface area contributed by atoms with Crippen LogP contribution in [0.4, 0.5) is 5.13 Å². The van der Waals surface area contributed by atoms with E-state index in [1.165, 1.54) is 16.9 Å². The molecule has 0 spiro atoms. The van der Waals surface area contributed by atoms with Gasteiger partial charge in [-0.2, -0.15) is 0 Å². The molecule has 1 amide bonds. The summed E-state index contributed by atoms with van der Waals surface area (Å²) in [5.41, 5.74) is 2.15. The zero-order valence-electron chi connectivity index (χ0n) is 10.5. The maximum atomic E-state index is 11.7. The Morgan fingerprint density at radius 3 is 2.72 bits per heavy atom. The van der Waals surface area contributed by atoms with Gasteiger partial charge in [0.15, 0.2) is 24.1 Å². The number of hydrogen-bond acceptors (Lipinski definition) is 3. The normalized spacial score (nSPS) is 10.3. The minimum Gasteiger partial charge on any atom is -0.302 e. The van der Waals surface area contributed by atoms with Crippen LogP contribution < -0.4 is 9.88 Å². The van der Waals surface area contributed by atoms with Crippen molar-refractivity contribution in [2.24, 2.45) is 0 Å². The number of carbonyl (C=O) groups is 1. The number of nitrogens with one attached hydrogen (secondary N) is 1. The van der Waals surface area contributed by atoms with E-state index >= 15 is 0 Å². The van der Waals surface area contributed by atoms with Crippen LogP contribution in [0.5, 0.6) is 0 Å². The van der Waals surface area contributed by atoms with Crippen molar-refractivity contribution in [1.82, 2.24) is 4.98 Å². The fourth-order valence-corrected chi connectivity index (χ4v) is 2.21. The monoisotopic (exact) mass is 262 g/mol. The van der Waals surface area contributed by atoms with Gasteiger partial charge in [0.2, 0.25) is 5.91 Å². The highest BCUT2D eigenvalue weighted by Crippen LogP contribution is 2.14. The molecule has 2 aromatic rings. The lowest BCUT2D eigenvalue weighted by molar-refractivity contribution is -0.695. The molecule has 5 heteroatoms. The first-order chi connectivity index (χ1) is 8.63. The van der Waals surface area contributed by atoms with E-state index in [-0.39, 0.29) is 5.91 Å². The van der Waals surface area contributed by atoms with E-state index in [0.29, 0.717) is 18.1 Å². The third-order valence-electron chi connectivity index (χ3n) is 2.52. The summed E-state index contributed by atoms with van der Waals surface area (Å²) in [5, 5.41) is 5.39. The van der Waals surface area contributed by atoms with Crippen molar-refractivity contribution in [3.8, 4) is 0 Å². The van der Waals surface area contributed by atoms with Gasteiger partial charge in [-0.1, -0.05) is 0 Å². The molecule has 0 aliphatic heterocycles. The largest absolute Gasteiger partial charge is 0.302 e. The Bertz CT molecular complexity index is 533. The molecule has 0 aromatic carbocycles. The fourth-order valence-electron chi connectivity index (χ4n) is 1.50. The molecular formula is C13H16N3OS+. The van der Waals surface area contributed by atoms with Crippen molar-refractivity contribution in [2.75, 3.05) is 5.32 Å². The lowest BCUT2D eigenvalue weighted by Gasteiger charge is -1.99. The summed E-state index contributed by atoms with van der Waals surface area (Å²) in [5.74, 6) is -0.00238. The molecule has 0 radical (unpaired) electrons. The number of thiazole rings is 1. The summed E-state index contributed by atoms with van der Waals surface area (Å²) in [6.45, 7) is 4.63. The van der Waals surface area contributed by atoms with Gasteiger partial charge < -0.3 is 5.32 Å². The predicted molar refractivity (Wildman–Crippen MR) is 71.5 cm³/mol. The van der Waals surface area contributed by atoms with E-state index in [1.54, 1.807) is 0 Å². The smallest absolute Gasteiger partial charge is 0.232 e. The average Bonchev–Trinajstić information content (AvgIpc) is 2.74. The van der Waals surface area contributed by atoms with Crippen molar-refractivity contribution in [3.05, 3.63) is 41.2 Å². The first-order valence-corrected chi connectivity index (χ1v) is 6.69. The van der Waals surface area contributed by atoms with Crippen LogP contribution in [0.3, 0.4) is 0 Å². The standard InChI is InChI=1S/C13H15N3OS/c1-10-3-6-16(7-4-10)8-5-12(17)15-13-14-11(2)9-18-13/h3-4,6-7,9H,5,8H2,1-2H3/p+1. The Morgan fingerprint density at radius 1 is 1.39 bits per heavy atom. The molecule has 94 valence electrons. The van der Waals surface area contributed by atoms with Crippen molar-refractivity contribution in [3.63, 3.8) is 0 Å². The summed E-state index contributed by atoms with van der Waals surface area (Å²) in [4.78, 5) is 15.9. The highest BCUT2D eigenvalue weighted by Gasteiger charge is 2.08. The van der Waals surface area contributed by atoms with Crippen LogP contribution in [0.25, 0.3) is 0 Å². The topological polar surface area (TPSA) is 45.9 Å². The number of nitrogens with zero attached hydrogens (tertiary/aromatic N) is 2. The maximum Gasteiger partial charge on any atom is 0.232 e. The van der Waals surface area contributed by atoms with Gasteiger partial charge in [0, 0.05) is 17.5 Å². The van der Waals surface area contributed by atoms with Crippen molar-refractivity contribution in [1.29, 1.82) is 0 Å². The molecule has 4 nitrogen and oxygen atoms in total. The zero-order chi connectivity index (χ0) is 13.0. The predicted octanol–water partition coefficient (Wildman–Crippen LogP) is 2.08. The SMILES string of the molecule is Cc1cc[n+](CCC(=O)Nc2nc(C)cs2)cc1. The van der Waals surface area contributed by atoms with Crippen LogP contribution in [0.1, 0.15) is 17.7 Å². The molecule has 2 heterocycles. The molecule has 18 heavy (non-hydrogen) atoms. The molecule has 0 atom stereocenters. The molecular weight excluding hydrogens is 246 g/mol. The van der Waals surface area contributed by atoms with Crippen LogP contribution in [-0.4, -0.2) is 10.9 Å². The second kappa shape index (κ2) is 5.73. The van der Waals surface area contributed by atoms with E-state index in [1.807, 2.05) is 48.3 Å². The Kier molecular flexibility index (Phi) is 4.04. The quantitative estimate of drug-likeness (QED) is 0.857. The minimum atomic E-state index is -0.00238. The van der Waals surface area contributed by atoms with Gasteiger partial charge in [-0.05, 0) is 19.4 Å². The lowest BCUT2D eigenvalue weighted by Crippen LogP contribution is -2.34. The van der Waals surface area contributed by atoms with E-state index in [4.69, 9.17) is 0 Å². The third kappa shape index (κ3) is 3.63. The van der Waals surface area contributed by atoms with Gasteiger partial charge >= 0.3 is 0 Å². The van der Waals surface area contributed by atoms with Crippen molar-refractivity contribution in [2.45, 2.75) is 26.8 Å². The Hall–Kier alpha value is -1.75. The second-order valence-corrected chi connectivity index (χ2v) is 5.06. The van der Waals surface area contributed by atoms with Crippen LogP contribution in [0, 0.1) is 13.8 Å². The van der Waals surface area contributed by atoms with Gasteiger partial charge in [0.25, 0.3) is 0 Å². The number of aromatic nitrogens is 2. The first kappa shape index (κ1) is 12.7. The van der Waals surface area contributed by atoms with Gasteiger partial charge in [0.05, 0.1) is 12.1 Å². The number of rotatable bonds is 4. The molecule has 0 unspecified atom stereocenters. The molecule has 1 N–H and O–H groups in total. The molecule has 0 fully saturated rings. The fraction of sp³-hybridized carbons (Fsp3) is 0.308. The molecule has 2 aromatic heterocycles. The summed E-state index contributed by atoms with van der Waals surface area (Å²) in [7, 11) is 0. The molecule has 0 aliphatic carbocycles. The van der Waals surface area contributed by atoms with Crippen LogP contribution in [0.15, 0.2) is 29.9 Å². The molecule has 0 bridgehead atoms. The zero-order valence-corrected chi connectivity index (χ0v) is 11.3. The summed E-state index contributed by atoms with van der Waals surface area (Å²) in [6.07, 6.45) is 4.42. The highest BCUT2D eigenvalue weighted by atomic mass is 32.1. The number of hydrogen-bond donors (Lipinski definition) is 1. The summed E-state index contributed by atoms with van der Waals surface area (Å²) < 4.78 is 2.00. The average molecular weight is 262 g/mol. The summed E-state index contributed by atoms with van der Waals surface area (Å²) in [6, 6.07) is 4.06. The number of anilines is 1. The van der Waals surface area contributed by atoms with Crippen molar-refractivity contribution >= 4 is 22.4 Å². The molecule has 2 rings (SSSR count). The van der Waals surface area contributed by atoms with Gasteiger partial charge in [-0.15, -0.1) is 11.3 Å². The number of carbonyl (C=O) groups excluding carboxylic acids is 1. The lowest BCUT2D eigenvalue weighted by atomic mass is 10.3. The van der Waals surface area contributed by atoms with Gasteiger partial charge in [-0.3, -0.25) is 4.79 Å². The van der Waals surface area contributed by atoms with Crippen LogP contribution >= 0.6 is 11.3 Å². The number of pyridine rings is 1. The van der Waals surface area contributed by atoms with Gasteiger partial charge in [-0.25, -0.2) is 9.55 Å². The van der Waals surface area contributed by atoms with Crippen LogP contribution in [-0.2, 0) is 11.3 Å². The number of amides is 1. The van der Waals surface area contributed by atoms with E-state index in [0.717, 1.165) is 5.69 Å². The van der Waals surface area contributed by atoms with E-state index in [2.05, 4.69) is 10.3 Å². The molecule has 0 saturated heterocycles. The summed E-state index contributed by atoms with van der Waals surface area (Å²) >= 11 is 1.45. The van der Waals surface area contributed by atoms with E-state index < -0.39 is 0 Å². The Morgan fingerprint density at radius 2 is 2.11 bits per heavy atom. The first-order valence-electron chi connectivity index (χ1n) is 5.81. The van der Waals surface area contributed by atoms with Crippen molar-refractivity contribution < 1.29 is 9.36 Å². The highest BCUT2D eigenvalue weighted by molar-refractivity contribution is 7.13. The van der Waals surface area contributed by atoms with Gasteiger partial charge in [0.1, 0.15) is 0 Å². The second-order valence-electron chi connectivity index (χ2n) is 4.21. The van der Waals surface area contributed by atoms with Crippen LogP contribution in [0.2, 0.25) is 0 Å². The Labute approximate surface area is 110 Å².